The van der Waals surface area contributed by atoms with Gasteiger partial charge in [-0.1, -0.05) is 42.5 Å². The number of nitrogens with one attached hydrogen (secondary N) is 1. The molecule has 0 spiro atoms. The van der Waals surface area contributed by atoms with Crippen LogP contribution in [0.15, 0.2) is 12.1 Å². The summed E-state index contributed by atoms with van der Waals surface area (Å²) in [6.45, 7) is 1.55. The molecular weight excluding hydrogens is 313 g/mol. The first-order chi connectivity index (χ1) is 9.56. The number of aromatic hydroxyl groups is 1. The van der Waals surface area contributed by atoms with Crippen molar-refractivity contribution in [3.8, 4) is 5.75 Å². The second-order valence-corrected chi connectivity index (χ2v) is 7.56. The molecule has 1 aromatic carbocycles. The molecule has 0 amide bonds. The zero-order valence-electron chi connectivity index (χ0n) is 11.7. The van der Waals surface area contributed by atoms with Gasteiger partial charge >= 0.3 is 0 Å². The maximum absolute atomic E-state index is 9.94. The van der Waals surface area contributed by atoms with E-state index < -0.39 is 0 Å². The van der Waals surface area contributed by atoms with Gasteiger partial charge in [0.05, 0.1) is 5.02 Å². The summed E-state index contributed by atoms with van der Waals surface area (Å²) < 4.78 is 0.343. The van der Waals surface area contributed by atoms with Crippen molar-refractivity contribution in [2.75, 3.05) is 12.8 Å². The minimum absolute atomic E-state index is 0.130. The molecular formula is C15H21Cl2NOS. The van der Waals surface area contributed by atoms with Gasteiger partial charge in [-0.3, -0.25) is 0 Å². The summed E-state index contributed by atoms with van der Waals surface area (Å²) in [6, 6.07) is 3.33. The molecule has 1 aliphatic rings. The molecule has 20 heavy (non-hydrogen) atoms. The Morgan fingerprint density at radius 2 is 1.95 bits per heavy atom. The number of hydrogen-bond donors (Lipinski definition) is 2. The Hall–Kier alpha value is -0.0900. The second kappa shape index (κ2) is 7.26. The van der Waals surface area contributed by atoms with E-state index in [0.717, 1.165) is 12.1 Å². The van der Waals surface area contributed by atoms with Crippen LogP contribution in [0.3, 0.4) is 0 Å². The molecule has 1 fully saturated rings. The molecule has 1 aromatic rings. The fourth-order valence-corrected chi connectivity index (χ4v) is 4.31. The van der Waals surface area contributed by atoms with Crippen molar-refractivity contribution in [3.63, 3.8) is 0 Å². The number of rotatable bonds is 5. The maximum Gasteiger partial charge on any atom is 0.138 e. The van der Waals surface area contributed by atoms with Crippen LogP contribution in [0.5, 0.6) is 5.75 Å². The van der Waals surface area contributed by atoms with Gasteiger partial charge in [0.15, 0.2) is 0 Å². The lowest BCUT2D eigenvalue weighted by atomic mass is 9.88. The van der Waals surface area contributed by atoms with Gasteiger partial charge in [0.1, 0.15) is 5.75 Å². The highest BCUT2D eigenvalue weighted by molar-refractivity contribution is 8.00. The number of phenols is 1. The molecule has 1 aliphatic carbocycles. The summed E-state index contributed by atoms with van der Waals surface area (Å²) in [5.74, 6) is 0.130. The lowest BCUT2D eigenvalue weighted by Crippen LogP contribution is -2.39. The average molecular weight is 334 g/mol. The van der Waals surface area contributed by atoms with Gasteiger partial charge in [0.2, 0.25) is 0 Å². The molecule has 0 atom stereocenters. The van der Waals surface area contributed by atoms with E-state index in [-0.39, 0.29) is 5.75 Å². The van der Waals surface area contributed by atoms with Crippen molar-refractivity contribution >= 4 is 35.0 Å². The first kappa shape index (κ1) is 16.3. The average Bonchev–Trinajstić information content (AvgIpc) is 2.45. The summed E-state index contributed by atoms with van der Waals surface area (Å²) in [6.07, 6.45) is 8.72. The molecule has 112 valence electrons. The zero-order chi connectivity index (χ0) is 14.6. The van der Waals surface area contributed by atoms with Gasteiger partial charge in [0.25, 0.3) is 0 Å². The van der Waals surface area contributed by atoms with Crippen LogP contribution < -0.4 is 5.32 Å². The summed E-state index contributed by atoms with van der Waals surface area (Å²) in [5, 5.41) is 14.3. The van der Waals surface area contributed by atoms with Crippen LogP contribution in [0.1, 0.15) is 37.7 Å². The summed E-state index contributed by atoms with van der Waals surface area (Å²) in [5.41, 5.74) is 0.759. The molecule has 2 rings (SSSR count). The van der Waals surface area contributed by atoms with Crippen molar-refractivity contribution in [1.29, 1.82) is 0 Å². The predicted molar refractivity (Wildman–Crippen MR) is 89.2 cm³/mol. The molecule has 2 nitrogen and oxygen atoms in total. The van der Waals surface area contributed by atoms with E-state index in [0.29, 0.717) is 21.3 Å². The minimum atomic E-state index is 0.130. The first-order valence-corrected chi connectivity index (χ1v) is 8.97. The third-order valence-electron chi connectivity index (χ3n) is 4.07. The normalized spacial score (nSPS) is 18.1. The quantitative estimate of drug-likeness (QED) is 0.807. The topological polar surface area (TPSA) is 32.3 Å². The number of phenolic OH excluding ortho intramolecular Hbond substituents is 1. The largest absolute Gasteiger partial charge is 0.506 e. The Morgan fingerprint density at radius 3 is 2.60 bits per heavy atom. The molecule has 0 aromatic heterocycles. The van der Waals surface area contributed by atoms with Crippen molar-refractivity contribution in [1.82, 2.24) is 5.32 Å². The van der Waals surface area contributed by atoms with Crippen LogP contribution in [0, 0.1) is 0 Å². The molecule has 0 saturated heterocycles. The summed E-state index contributed by atoms with van der Waals surface area (Å²) in [4.78, 5) is 0. The van der Waals surface area contributed by atoms with Crippen molar-refractivity contribution in [2.24, 2.45) is 0 Å². The minimum Gasteiger partial charge on any atom is -0.506 e. The molecule has 1 saturated carbocycles. The Morgan fingerprint density at radius 1 is 1.25 bits per heavy atom. The fourth-order valence-electron chi connectivity index (χ4n) is 2.83. The Balaban J connectivity index is 1.95. The molecule has 0 aliphatic heterocycles. The van der Waals surface area contributed by atoms with E-state index in [2.05, 4.69) is 11.6 Å². The number of benzene rings is 1. The second-order valence-electron chi connectivity index (χ2n) is 5.45. The van der Waals surface area contributed by atoms with E-state index in [1.54, 1.807) is 12.1 Å². The van der Waals surface area contributed by atoms with Crippen LogP contribution in [0.2, 0.25) is 10.0 Å². The third kappa shape index (κ3) is 3.97. The predicted octanol–water partition coefficient (Wildman–Crippen LogP) is 4.85. The first-order valence-electron chi connectivity index (χ1n) is 6.99. The molecule has 0 unspecified atom stereocenters. The monoisotopic (exact) mass is 333 g/mol. The Bertz CT molecular complexity index is 461. The van der Waals surface area contributed by atoms with Crippen LogP contribution >= 0.6 is 35.0 Å². The maximum atomic E-state index is 9.94. The van der Waals surface area contributed by atoms with Crippen LogP contribution in [-0.4, -0.2) is 22.7 Å². The number of halogens is 2. The molecule has 0 heterocycles. The SMILES string of the molecule is CSC1(CNCc2cc(Cl)cc(Cl)c2O)CCCCC1. The molecule has 0 bridgehead atoms. The highest BCUT2D eigenvalue weighted by Crippen LogP contribution is 2.38. The summed E-state index contributed by atoms with van der Waals surface area (Å²) >= 11 is 13.9. The van der Waals surface area contributed by atoms with Gasteiger partial charge in [-0.2, -0.15) is 11.8 Å². The van der Waals surface area contributed by atoms with Gasteiger partial charge in [0, 0.05) is 28.4 Å². The zero-order valence-corrected chi connectivity index (χ0v) is 14.0. The van der Waals surface area contributed by atoms with Crippen LogP contribution in [0.4, 0.5) is 0 Å². The lowest BCUT2D eigenvalue weighted by Gasteiger charge is -2.36. The van der Waals surface area contributed by atoms with E-state index in [1.165, 1.54) is 32.1 Å². The lowest BCUT2D eigenvalue weighted by molar-refractivity contribution is 0.377. The summed E-state index contributed by atoms with van der Waals surface area (Å²) in [7, 11) is 0. The number of thioether (sulfide) groups is 1. The van der Waals surface area contributed by atoms with Gasteiger partial charge in [-0.25, -0.2) is 0 Å². The van der Waals surface area contributed by atoms with Crippen molar-refractivity contribution in [2.45, 2.75) is 43.4 Å². The van der Waals surface area contributed by atoms with E-state index in [9.17, 15) is 5.11 Å². The third-order valence-corrected chi connectivity index (χ3v) is 5.99. The smallest absolute Gasteiger partial charge is 0.138 e. The molecule has 0 radical (unpaired) electrons. The van der Waals surface area contributed by atoms with Crippen LogP contribution in [-0.2, 0) is 6.54 Å². The van der Waals surface area contributed by atoms with E-state index in [4.69, 9.17) is 23.2 Å². The standard InChI is InChI=1S/C15H21Cl2NOS/c1-20-15(5-3-2-4-6-15)10-18-9-11-7-12(16)8-13(17)14(11)19/h7-8,18-19H,2-6,9-10H2,1H3. The Labute approximate surface area is 135 Å². The highest BCUT2D eigenvalue weighted by Gasteiger charge is 2.30. The van der Waals surface area contributed by atoms with Gasteiger partial charge in [-0.05, 0) is 31.2 Å². The highest BCUT2D eigenvalue weighted by atomic mass is 35.5. The van der Waals surface area contributed by atoms with Gasteiger partial charge < -0.3 is 10.4 Å². The molecule has 2 N–H and O–H groups in total. The van der Waals surface area contributed by atoms with E-state index in [1.807, 2.05) is 11.8 Å². The fraction of sp³-hybridized carbons (Fsp3) is 0.600. The number of hydrogen-bond acceptors (Lipinski definition) is 3. The van der Waals surface area contributed by atoms with E-state index >= 15 is 0 Å². The van der Waals surface area contributed by atoms with Crippen molar-refractivity contribution in [3.05, 3.63) is 27.7 Å². The Kier molecular flexibility index (Phi) is 5.91. The van der Waals surface area contributed by atoms with Crippen LogP contribution in [0.25, 0.3) is 0 Å². The molecule has 5 heteroatoms. The van der Waals surface area contributed by atoms with Gasteiger partial charge in [-0.15, -0.1) is 0 Å². The van der Waals surface area contributed by atoms with Crippen molar-refractivity contribution < 1.29 is 5.11 Å².